The van der Waals surface area contributed by atoms with Crippen molar-refractivity contribution in [3.05, 3.63) is 53.6 Å². The standard InChI is InChI=1S/C29H38N2O8/c1-36-14-3-12-30-13-15-38-26-10-4-20(16-25(26)30)19-39-27-18-31(29(34)35)22(7-11-28(32)33)17-24(27)21-5-8-23(37-2)9-6-21/h4-6,8-10,16,22,24,27H,3,7,11-15,17-19H2,1-2H3,(H,32,33)(H,34,35)/t22-,24-,27+/m1/s1. The quantitative estimate of drug-likeness (QED) is 0.380. The Morgan fingerprint density at radius 3 is 2.59 bits per heavy atom. The number of rotatable bonds is 12. The molecule has 2 N–H and O–H groups in total. The van der Waals surface area contributed by atoms with E-state index in [1.807, 2.05) is 36.4 Å². The largest absolute Gasteiger partial charge is 0.497 e. The topological polar surface area (TPSA) is 118 Å². The summed E-state index contributed by atoms with van der Waals surface area (Å²) in [6.07, 6.45) is 0.0848. The molecule has 0 unspecified atom stereocenters. The molecule has 0 aliphatic carbocycles. The summed E-state index contributed by atoms with van der Waals surface area (Å²) in [6, 6.07) is 13.3. The molecule has 2 aromatic carbocycles. The van der Waals surface area contributed by atoms with E-state index in [2.05, 4.69) is 11.0 Å². The lowest BCUT2D eigenvalue weighted by atomic mass is 9.82. The Labute approximate surface area is 229 Å². The number of carboxylic acid groups (broad SMARTS) is 2. The van der Waals surface area contributed by atoms with Gasteiger partial charge in [0.25, 0.3) is 0 Å². The predicted octanol–water partition coefficient (Wildman–Crippen LogP) is 4.22. The first-order valence-corrected chi connectivity index (χ1v) is 13.4. The fourth-order valence-corrected chi connectivity index (χ4v) is 5.45. The average Bonchev–Trinajstić information content (AvgIpc) is 2.95. The Hall–Kier alpha value is -3.50. The van der Waals surface area contributed by atoms with Crippen molar-refractivity contribution < 1.29 is 38.7 Å². The van der Waals surface area contributed by atoms with Crippen molar-refractivity contribution in [2.45, 2.75) is 50.4 Å². The first kappa shape index (κ1) is 28.5. The van der Waals surface area contributed by atoms with Crippen molar-refractivity contribution in [2.24, 2.45) is 0 Å². The summed E-state index contributed by atoms with van der Waals surface area (Å²) >= 11 is 0. The minimum Gasteiger partial charge on any atom is -0.497 e. The molecule has 0 aromatic heterocycles. The molecule has 10 nitrogen and oxygen atoms in total. The number of likely N-dealkylation sites (tertiary alicyclic amines) is 1. The lowest BCUT2D eigenvalue weighted by Crippen LogP contribution is -2.52. The summed E-state index contributed by atoms with van der Waals surface area (Å²) in [6.45, 7) is 3.46. The highest BCUT2D eigenvalue weighted by molar-refractivity contribution is 5.68. The SMILES string of the molecule is COCCCN1CCOc2ccc(CO[C@H]3CN(C(=O)O)[C@H](CCC(=O)O)C[C@@H]3c3ccc(OC)cc3)cc21. The highest BCUT2D eigenvalue weighted by Gasteiger charge is 2.39. The predicted molar refractivity (Wildman–Crippen MR) is 145 cm³/mol. The molecular weight excluding hydrogens is 504 g/mol. The summed E-state index contributed by atoms with van der Waals surface area (Å²) < 4.78 is 22.8. The molecule has 0 bridgehead atoms. The molecule has 1 fully saturated rings. The fourth-order valence-electron chi connectivity index (χ4n) is 5.45. The van der Waals surface area contributed by atoms with Crippen molar-refractivity contribution in [1.82, 2.24) is 4.90 Å². The minimum atomic E-state index is -1.07. The van der Waals surface area contributed by atoms with Crippen molar-refractivity contribution >= 4 is 17.7 Å². The van der Waals surface area contributed by atoms with E-state index in [9.17, 15) is 19.8 Å². The number of benzene rings is 2. The number of amides is 1. The number of methoxy groups -OCH3 is 2. The first-order chi connectivity index (χ1) is 18.9. The Morgan fingerprint density at radius 1 is 1.10 bits per heavy atom. The van der Waals surface area contributed by atoms with Gasteiger partial charge in [0.15, 0.2) is 0 Å². The van der Waals surface area contributed by atoms with E-state index >= 15 is 0 Å². The number of carbonyl (C=O) groups is 2. The molecule has 1 saturated heterocycles. The van der Waals surface area contributed by atoms with E-state index in [4.69, 9.17) is 18.9 Å². The average molecular weight is 543 g/mol. The molecule has 2 aliphatic heterocycles. The number of ether oxygens (including phenoxy) is 4. The fraction of sp³-hybridized carbons (Fsp3) is 0.517. The second-order valence-electron chi connectivity index (χ2n) is 9.97. The van der Waals surface area contributed by atoms with Crippen LogP contribution in [0.4, 0.5) is 10.5 Å². The summed E-state index contributed by atoms with van der Waals surface area (Å²) in [5, 5.41) is 19.1. The van der Waals surface area contributed by atoms with Crippen LogP contribution in [0.25, 0.3) is 0 Å². The van der Waals surface area contributed by atoms with Gasteiger partial charge in [-0.25, -0.2) is 4.79 Å². The highest BCUT2D eigenvalue weighted by Crippen LogP contribution is 2.37. The number of hydrogen-bond donors (Lipinski definition) is 2. The summed E-state index contributed by atoms with van der Waals surface area (Å²) in [5.41, 5.74) is 3.00. The third-order valence-electron chi connectivity index (χ3n) is 7.50. The summed E-state index contributed by atoms with van der Waals surface area (Å²) in [7, 11) is 3.31. The maximum Gasteiger partial charge on any atom is 0.407 e. The second-order valence-corrected chi connectivity index (χ2v) is 9.97. The van der Waals surface area contributed by atoms with E-state index in [-0.39, 0.29) is 25.3 Å². The number of aliphatic carboxylic acids is 1. The van der Waals surface area contributed by atoms with Gasteiger partial charge >= 0.3 is 12.1 Å². The van der Waals surface area contributed by atoms with Crippen LogP contribution < -0.4 is 14.4 Å². The summed E-state index contributed by atoms with van der Waals surface area (Å²) in [4.78, 5) is 27.0. The van der Waals surface area contributed by atoms with E-state index in [1.165, 1.54) is 4.90 Å². The number of nitrogens with zero attached hydrogens (tertiary/aromatic N) is 2. The van der Waals surface area contributed by atoms with Gasteiger partial charge in [0.05, 0.1) is 38.6 Å². The molecule has 0 radical (unpaired) electrons. The van der Waals surface area contributed by atoms with Gasteiger partial charge in [0, 0.05) is 38.6 Å². The van der Waals surface area contributed by atoms with Gasteiger partial charge in [0.2, 0.25) is 0 Å². The number of fused-ring (bicyclic) bond motifs is 1. The van der Waals surface area contributed by atoms with Crippen LogP contribution in [0.5, 0.6) is 11.5 Å². The molecule has 1 amide bonds. The van der Waals surface area contributed by atoms with Gasteiger partial charge in [-0.05, 0) is 54.7 Å². The normalized spacial score (nSPS) is 20.7. The first-order valence-electron chi connectivity index (χ1n) is 13.4. The second kappa shape index (κ2) is 13.5. The molecule has 10 heteroatoms. The van der Waals surface area contributed by atoms with Gasteiger partial charge in [-0.3, -0.25) is 4.79 Å². The minimum absolute atomic E-state index is 0.0899. The highest BCUT2D eigenvalue weighted by atomic mass is 16.5. The molecule has 2 aromatic rings. The molecule has 2 aliphatic rings. The van der Waals surface area contributed by atoms with Crippen LogP contribution in [0.2, 0.25) is 0 Å². The Bertz CT molecular complexity index is 1110. The molecule has 3 atom stereocenters. The zero-order valence-corrected chi connectivity index (χ0v) is 22.6. The van der Waals surface area contributed by atoms with Crippen LogP contribution in [-0.4, -0.2) is 86.4 Å². The van der Waals surface area contributed by atoms with Crippen LogP contribution in [0.3, 0.4) is 0 Å². The maximum absolute atomic E-state index is 12.1. The van der Waals surface area contributed by atoms with Crippen molar-refractivity contribution in [3.8, 4) is 11.5 Å². The molecule has 4 rings (SSSR count). The zero-order chi connectivity index (χ0) is 27.8. The Balaban J connectivity index is 1.53. The molecular formula is C29H38N2O8. The lowest BCUT2D eigenvalue weighted by Gasteiger charge is -2.43. The van der Waals surface area contributed by atoms with Gasteiger partial charge < -0.3 is 39.0 Å². The number of piperidine rings is 1. The summed E-state index contributed by atoms with van der Waals surface area (Å²) in [5.74, 6) is 0.534. The van der Waals surface area contributed by atoms with Gasteiger partial charge in [-0.2, -0.15) is 0 Å². The zero-order valence-electron chi connectivity index (χ0n) is 22.6. The number of carboxylic acids is 1. The number of anilines is 1. The van der Waals surface area contributed by atoms with Crippen LogP contribution in [0.15, 0.2) is 42.5 Å². The molecule has 212 valence electrons. The van der Waals surface area contributed by atoms with Crippen LogP contribution in [0, 0.1) is 0 Å². The van der Waals surface area contributed by atoms with Crippen LogP contribution >= 0.6 is 0 Å². The molecule has 2 heterocycles. The van der Waals surface area contributed by atoms with Gasteiger partial charge in [-0.1, -0.05) is 18.2 Å². The van der Waals surface area contributed by atoms with Crippen molar-refractivity contribution in [3.63, 3.8) is 0 Å². The van der Waals surface area contributed by atoms with Crippen LogP contribution in [-0.2, 0) is 20.9 Å². The van der Waals surface area contributed by atoms with E-state index in [0.717, 1.165) is 47.8 Å². The Kier molecular flexibility index (Phi) is 9.89. The van der Waals surface area contributed by atoms with Gasteiger partial charge in [0.1, 0.15) is 18.1 Å². The third kappa shape index (κ3) is 7.33. The lowest BCUT2D eigenvalue weighted by molar-refractivity contribution is -0.137. The monoisotopic (exact) mass is 542 g/mol. The molecule has 39 heavy (non-hydrogen) atoms. The molecule has 0 spiro atoms. The van der Waals surface area contributed by atoms with E-state index in [0.29, 0.717) is 26.2 Å². The maximum atomic E-state index is 12.1. The van der Waals surface area contributed by atoms with E-state index in [1.54, 1.807) is 14.2 Å². The van der Waals surface area contributed by atoms with Gasteiger partial charge in [-0.15, -0.1) is 0 Å². The third-order valence-corrected chi connectivity index (χ3v) is 7.50. The van der Waals surface area contributed by atoms with Crippen LogP contribution in [0.1, 0.15) is 42.7 Å². The van der Waals surface area contributed by atoms with Crippen molar-refractivity contribution in [1.29, 1.82) is 0 Å². The van der Waals surface area contributed by atoms with Crippen molar-refractivity contribution in [2.75, 3.05) is 52.0 Å². The molecule has 0 saturated carbocycles. The Morgan fingerprint density at radius 2 is 1.90 bits per heavy atom. The smallest absolute Gasteiger partial charge is 0.407 e. The van der Waals surface area contributed by atoms with E-state index < -0.39 is 24.2 Å². The number of hydrogen-bond acceptors (Lipinski definition) is 7.